The summed E-state index contributed by atoms with van der Waals surface area (Å²) in [6, 6.07) is 16.2. The Labute approximate surface area is 148 Å². The SMILES string of the molecule is C[SiH](C)[Ti]([CH3])([CH3])([C]1=CC=CC1)[c]1cccc2c1Cc1ccccc1-2. The van der Waals surface area contributed by atoms with Gasteiger partial charge in [0.1, 0.15) is 0 Å². The van der Waals surface area contributed by atoms with Crippen LogP contribution in [0.4, 0.5) is 0 Å². The summed E-state index contributed by atoms with van der Waals surface area (Å²) in [5.41, 5.74) is 6.13. The van der Waals surface area contributed by atoms with Gasteiger partial charge >= 0.3 is 148 Å². The maximum absolute atomic E-state index is 2.87. The molecule has 2 heteroatoms. The molecule has 0 heterocycles. The van der Waals surface area contributed by atoms with Crippen LogP contribution in [0.25, 0.3) is 11.1 Å². The van der Waals surface area contributed by atoms with Crippen molar-refractivity contribution in [1.29, 1.82) is 0 Å². The van der Waals surface area contributed by atoms with E-state index in [0.717, 1.165) is 6.42 Å². The van der Waals surface area contributed by atoms with Crippen molar-refractivity contribution in [2.45, 2.75) is 36.4 Å². The van der Waals surface area contributed by atoms with Crippen LogP contribution in [0, 0.1) is 0 Å². The van der Waals surface area contributed by atoms with Gasteiger partial charge in [0, 0.05) is 0 Å². The topological polar surface area (TPSA) is 0 Å². The van der Waals surface area contributed by atoms with Gasteiger partial charge in [-0.25, -0.2) is 0 Å². The molecule has 2 aromatic carbocycles. The van der Waals surface area contributed by atoms with E-state index in [1.165, 1.54) is 23.1 Å². The molecule has 0 fully saturated rings. The first-order valence-corrected chi connectivity index (χ1v) is 19.5. The van der Waals surface area contributed by atoms with Crippen LogP contribution in [-0.2, 0) is 21.0 Å². The van der Waals surface area contributed by atoms with Gasteiger partial charge in [0.15, 0.2) is 0 Å². The van der Waals surface area contributed by atoms with Crippen LogP contribution in [0.1, 0.15) is 17.5 Å². The monoisotopic (exact) mass is 367 g/mol. The van der Waals surface area contributed by atoms with E-state index in [2.05, 4.69) is 84.2 Å². The first-order chi connectivity index (χ1) is 11.4. The maximum atomic E-state index is 2.71. The Kier molecular flexibility index (Phi) is 3.69. The normalized spacial score (nSPS) is 17.4. The molecule has 0 saturated heterocycles. The third kappa shape index (κ3) is 2.08. The Balaban J connectivity index is 1.98. The van der Waals surface area contributed by atoms with Gasteiger partial charge in [0.25, 0.3) is 0 Å². The van der Waals surface area contributed by atoms with Gasteiger partial charge < -0.3 is 0 Å². The van der Waals surface area contributed by atoms with Crippen LogP contribution in [0.15, 0.2) is 64.6 Å². The second-order valence-electron chi connectivity index (χ2n) is 8.64. The van der Waals surface area contributed by atoms with Crippen molar-refractivity contribution in [2.24, 2.45) is 0 Å². The fraction of sp³-hybridized carbons (Fsp3) is 0.273. The molecule has 2 aromatic rings. The number of allylic oxidation sites excluding steroid dienone is 4. The first kappa shape index (κ1) is 16.3. The summed E-state index contributed by atoms with van der Waals surface area (Å²) in [5, 5.41) is 5.43. The number of hydrogen-bond donors (Lipinski definition) is 0. The first-order valence-electron chi connectivity index (χ1n) is 9.19. The molecular formula is C22H27SiTi. The molecule has 0 atom stereocenters. The van der Waals surface area contributed by atoms with E-state index >= 15 is 0 Å². The van der Waals surface area contributed by atoms with Gasteiger partial charge in [-0.3, -0.25) is 0 Å². The average molecular weight is 367 g/mol. The average Bonchev–Trinajstić information content (AvgIpc) is 3.22. The van der Waals surface area contributed by atoms with Crippen LogP contribution < -0.4 is 3.87 Å². The van der Waals surface area contributed by atoms with Crippen LogP contribution >= 0.6 is 0 Å². The van der Waals surface area contributed by atoms with Crippen molar-refractivity contribution in [3.63, 3.8) is 0 Å². The fourth-order valence-electron chi connectivity index (χ4n) is 4.75. The molecule has 4 rings (SSSR count). The minimum absolute atomic E-state index is 0.844. The predicted molar refractivity (Wildman–Crippen MR) is 107 cm³/mol. The van der Waals surface area contributed by atoms with Crippen LogP contribution in [0.3, 0.4) is 0 Å². The van der Waals surface area contributed by atoms with Gasteiger partial charge in [-0.15, -0.1) is 0 Å². The molecule has 0 saturated carbocycles. The number of hydrogen-bond acceptors (Lipinski definition) is 0. The summed E-state index contributed by atoms with van der Waals surface area (Å²) >= 11 is -2.87. The molecule has 0 spiro atoms. The second kappa shape index (κ2) is 5.42. The Hall–Kier alpha value is -1.15. The van der Waals surface area contributed by atoms with Crippen LogP contribution in [-0.4, -0.2) is 6.66 Å². The summed E-state index contributed by atoms with van der Waals surface area (Å²) in [5.74, 6) is 0. The van der Waals surface area contributed by atoms with Crippen LogP contribution in [0.2, 0.25) is 23.6 Å². The Bertz CT molecular complexity index is 887. The molecule has 0 aliphatic heterocycles. The second-order valence-corrected chi connectivity index (χ2v) is 33.1. The van der Waals surface area contributed by atoms with Gasteiger partial charge in [-0.05, 0) is 0 Å². The van der Waals surface area contributed by atoms with E-state index in [1.807, 2.05) is 0 Å². The van der Waals surface area contributed by atoms with Crippen molar-refractivity contribution in [3.05, 3.63) is 75.7 Å². The molecule has 2 aliphatic carbocycles. The summed E-state index contributed by atoms with van der Waals surface area (Å²) in [6.07, 6.45) is 9.43. The van der Waals surface area contributed by atoms with Crippen LogP contribution in [0.5, 0.6) is 0 Å². The quantitative estimate of drug-likeness (QED) is 0.537. The molecule has 2 aliphatic rings. The molecule has 24 heavy (non-hydrogen) atoms. The van der Waals surface area contributed by atoms with Crippen molar-refractivity contribution in [3.8, 4) is 11.1 Å². The molecule has 0 nitrogen and oxygen atoms in total. The van der Waals surface area contributed by atoms with E-state index in [0.29, 0.717) is 0 Å². The molecule has 0 aromatic heterocycles. The number of benzene rings is 2. The van der Waals surface area contributed by atoms with Gasteiger partial charge in [0.2, 0.25) is 0 Å². The van der Waals surface area contributed by atoms with Crippen molar-refractivity contribution >= 4 is 10.5 Å². The van der Waals surface area contributed by atoms with Gasteiger partial charge in [0.05, 0.1) is 0 Å². The van der Waals surface area contributed by atoms with E-state index in [-0.39, 0.29) is 0 Å². The Morgan fingerprint density at radius 2 is 1.67 bits per heavy atom. The van der Waals surface area contributed by atoms with Gasteiger partial charge in [-0.2, -0.15) is 0 Å². The third-order valence-corrected chi connectivity index (χ3v) is 36.7. The minimum atomic E-state index is -2.87. The van der Waals surface area contributed by atoms with E-state index < -0.39 is 21.2 Å². The van der Waals surface area contributed by atoms with E-state index in [4.69, 9.17) is 0 Å². The standard InChI is InChI=1S/C13H9.C5H5.C2H7Si.2CH3.Ti/c1-3-7-12-10(5-1)9-11-6-2-4-8-13(11)12;1-2-4-5-3-1;1-3-2;;;/h1-5,7-8H,9H2;1-3H,4H2;3H,1-2H3;2*1H3;. The Morgan fingerprint density at radius 1 is 0.917 bits per heavy atom. The molecule has 0 radical (unpaired) electrons. The van der Waals surface area contributed by atoms with E-state index in [9.17, 15) is 0 Å². The molecule has 0 bridgehead atoms. The number of rotatable bonds is 3. The Morgan fingerprint density at radius 3 is 2.38 bits per heavy atom. The fourth-order valence-corrected chi connectivity index (χ4v) is 19.9. The zero-order valence-corrected chi connectivity index (χ0v) is 18.0. The predicted octanol–water partition coefficient (Wildman–Crippen LogP) is 5.50. The van der Waals surface area contributed by atoms with E-state index in [1.54, 1.807) is 13.3 Å². The molecule has 0 unspecified atom stereocenters. The zero-order valence-electron chi connectivity index (χ0n) is 15.3. The van der Waals surface area contributed by atoms with Crippen molar-refractivity contribution < 1.29 is 14.6 Å². The van der Waals surface area contributed by atoms with Crippen molar-refractivity contribution in [1.82, 2.24) is 0 Å². The third-order valence-electron chi connectivity index (χ3n) is 7.17. The number of fused-ring (bicyclic) bond motifs is 3. The summed E-state index contributed by atoms with van der Waals surface area (Å²) in [7, 11) is 0. The summed E-state index contributed by atoms with van der Waals surface area (Å²) in [6.45, 7) is 4.35. The molecule has 123 valence electrons. The summed E-state index contributed by atoms with van der Waals surface area (Å²) in [4.78, 5) is 0. The molecular weight excluding hydrogens is 340 g/mol. The molecule has 0 amide bonds. The zero-order chi connectivity index (χ0) is 17.0. The molecule has 0 N–H and O–H groups in total. The van der Waals surface area contributed by atoms with Crippen molar-refractivity contribution in [2.75, 3.05) is 0 Å². The van der Waals surface area contributed by atoms with Gasteiger partial charge in [-0.1, -0.05) is 0 Å². The summed E-state index contributed by atoms with van der Waals surface area (Å²) < 4.78 is 3.55.